The summed E-state index contributed by atoms with van der Waals surface area (Å²) in [6.07, 6.45) is 13.3. The summed E-state index contributed by atoms with van der Waals surface area (Å²) >= 11 is 0. The van der Waals surface area contributed by atoms with Crippen LogP contribution in [0.3, 0.4) is 0 Å². The Morgan fingerprint density at radius 3 is 2.19 bits per heavy atom. The second-order valence-corrected chi connectivity index (χ2v) is 14.1. The normalized spacial score (nSPS) is 20.2. The average Bonchev–Trinajstić information content (AvgIpc) is 3.59. The van der Waals surface area contributed by atoms with E-state index in [1.807, 2.05) is 36.4 Å². The number of nitrogens with zero attached hydrogens (tertiary/aromatic N) is 2. The topological polar surface area (TPSA) is 49.9 Å². The molecule has 248 valence electrons. The van der Waals surface area contributed by atoms with Crippen molar-refractivity contribution in [3.8, 4) is 22.3 Å². The van der Waals surface area contributed by atoms with E-state index in [-0.39, 0.29) is 11.6 Å². The van der Waals surface area contributed by atoms with Crippen LogP contribution < -0.4 is 5.32 Å². The third kappa shape index (κ3) is 5.15. The predicted molar refractivity (Wildman–Crippen MR) is 215 cm³/mol. The van der Waals surface area contributed by atoms with Gasteiger partial charge in [0.05, 0.1) is 0 Å². The van der Waals surface area contributed by atoms with Crippen LogP contribution in [0.4, 0.5) is 0 Å². The Bertz CT molecular complexity index is 2660. The Balaban J connectivity index is 1.08. The minimum atomic E-state index is -0.323. The summed E-state index contributed by atoms with van der Waals surface area (Å²) in [7, 11) is 0. The standard InChI is InChI=1S/C48H35N3O/c1-48-27-9-8-16-41(48)38-24-22-35(29-37(38)26-28-48)36-23-25-42-40(30-36)44-39(15-10-17-43(44)52-42)47-50-45(33-13-6-3-7-14-33)49-46(51-47)34-20-18-32(19-21-34)31-11-4-2-5-12-31/h2-30,41,46H,1H3,(H,49,50,51). The monoisotopic (exact) mass is 669 g/mol. The van der Waals surface area contributed by atoms with Gasteiger partial charge in [-0.15, -0.1) is 0 Å². The van der Waals surface area contributed by atoms with E-state index in [1.165, 1.54) is 27.8 Å². The molecule has 7 aromatic rings. The predicted octanol–water partition coefficient (Wildman–Crippen LogP) is 11.7. The zero-order valence-corrected chi connectivity index (χ0v) is 28.7. The van der Waals surface area contributed by atoms with E-state index < -0.39 is 0 Å². The fourth-order valence-corrected chi connectivity index (χ4v) is 7.96. The highest BCUT2D eigenvalue weighted by Gasteiger charge is 2.34. The maximum atomic E-state index is 6.47. The van der Waals surface area contributed by atoms with E-state index in [1.54, 1.807) is 0 Å². The smallest absolute Gasteiger partial charge is 0.160 e. The molecule has 2 heterocycles. The number of nitrogens with one attached hydrogen (secondary N) is 1. The molecule has 6 aromatic carbocycles. The van der Waals surface area contributed by atoms with E-state index in [9.17, 15) is 0 Å². The van der Waals surface area contributed by atoms with Crippen molar-refractivity contribution in [3.05, 3.63) is 198 Å². The van der Waals surface area contributed by atoms with Crippen LogP contribution >= 0.6 is 0 Å². The summed E-state index contributed by atoms with van der Waals surface area (Å²) in [5.41, 5.74) is 12.0. The van der Waals surface area contributed by atoms with Gasteiger partial charge in [-0.2, -0.15) is 0 Å². The van der Waals surface area contributed by atoms with Gasteiger partial charge in [0.15, 0.2) is 5.84 Å². The number of furan rings is 1. The molecule has 0 saturated heterocycles. The van der Waals surface area contributed by atoms with Gasteiger partial charge in [0.1, 0.15) is 23.2 Å². The SMILES string of the molecule is CC12C=CC=CC1c1ccc(-c3ccc4oc5cccc(C6=NC(c7ccc(-c8ccccc8)cc7)NC(c7ccccc7)=N6)c5c4c3)cc1C=C2. The highest BCUT2D eigenvalue weighted by molar-refractivity contribution is 6.22. The first-order valence-electron chi connectivity index (χ1n) is 17.9. The van der Waals surface area contributed by atoms with Crippen molar-refractivity contribution in [2.45, 2.75) is 19.0 Å². The Labute approximate surface area is 302 Å². The van der Waals surface area contributed by atoms with Crippen molar-refractivity contribution >= 4 is 39.7 Å². The van der Waals surface area contributed by atoms with Gasteiger partial charge in [0.25, 0.3) is 0 Å². The second-order valence-electron chi connectivity index (χ2n) is 14.1. The second kappa shape index (κ2) is 12.1. The molecule has 1 aliphatic heterocycles. The molecular formula is C48H35N3O. The van der Waals surface area contributed by atoms with Crippen LogP contribution in [0.5, 0.6) is 0 Å². The molecule has 0 fully saturated rings. The number of benzene rings is 6. The van der Waals surface area contributed by atoms with Crippen LogP contribution in [-0.4, -0.2) is 11.7 Å². The molecule has 0 amide bonds. The Morgan fingerprint density at radius 1 is 0.635 bits per heavy atom. The first-order chi connectivity index (χ1) is 25.6. The van der Waals surface area contributed by atoms with E-state index in [0.717, 1.165) is 50.0 Å². The molecule has 1 aromatic heterocycles. The van der Waals surface area contributed by atoms with Crippen molar-refractivity contribution in [1.82, 2.24) is 5.32 Å². The lowest BCUT2D eigenvalue weighted by Crippen LogP contribution is -2.33. The van der Waals surface area contributed by atoms with E-state index in [2.05, 4.69) is 152 Å². The number of rotatable bonds is 5. The molecule has 3 atom stereocenters. The number of hydrogen-bond acceptors (Lipinski definition) is 4. The number of fused-ring (bicyclic) bond motifs is 6. The Kier molecular flexibility index (Phi) is 7.03. The summed E-state index contributed by atoms with van der Waals surface area (Å²) in [5, 5.41) is 5.69. The van der Waals surface area contributed by atoms with Crippen molar-refractivity contribution in [3.63, 3.8) is 0 Å². The molecular weight excluding hydrogens is 635 g/mol. The van der Waals surface area contributed by atoms with Crippen LogP contribution in [0.25, 0.3) is 50.3 Å². The van der Waals surface area contributed by atoms with Gasteiger partial charge < -0.3 is 9.73 Å². The summed E-state index contributed by atoms with van der Waals surface area (Å²) in [5.74, 6) is 1.80. The van der Waals surface area contributed by atoms with Crippen molar-refractivity contribution in [1.29, 1.82) is 0 Å². The quantitative estimate of drug-likeness (QED) is 0.198. The van der Waals surface area contributed by atoms with Gasteiger partial charge in [-0.3, -0.25) is 0 Å². The number of hydrogen-bond donors (Lipinski definition) is 1. The highest BCUT2D eigenvalue weighted by atomic mass is 16.3. The Morgan fingerprint density at radius 2 is 1.37 bits per heavy atom. The maximum Gasteiger partial charge on any atom is 0.160 e. The van der Waals surface area contributed by atoms with E-state index in [4.69, 9.17) is 14.4 Å². The van der Waals surface area contributed by atoms with Crippen molar-refractivity contribution < 1.29 is 4.42 Å². The van der Waals surface area contributed by atoms with Gasteiger partial charge in [-0.05, 0) is 63.2 Å². The van der Waals surface area contributed by atoms with Gasteiger partial charge in [0.2, 0.25) is 0 Å². The van der Waals surface area contributed by atoms with Gasteiger partial charge >= 0.3 is 0 Å². The van der Waals surface area contributed by atoms with Gasteiger partial charge in [-0.25, -0.2) is 9.98 Å². The molecule has 10 rings (SSSR count). The van der Waals surface area contributed by atoms with Crippen LogP contribution in [-0.2, 0) is 0 Å². The fourth-order valence-electron chi connectivity index (χ4n) is 7.96. The molecule has 4 nitrogen and oxygen atoms in total. The maximum absolute atomic E-state index is 6.47. The zero-order chi connectivity index (χ0) is 34.6. The molecule has 0 saturated carbocycles. The van der Waals surface area contributed by atoms with E-state index >= 15 is 0 Å². The summed E-state index contributed by atoms with van der Waals surface area (Å²) < 4.78 is 6.47. The molecule has 3 unspecified atom stereocenters. The number of allylic oxidation sites excluding steroid dienone is 5. The largest absolute Gasteiger partial charge is 0.456 e. The first-order valence-corrected chi connectivity index (χ1v) is 17.9. The minimum Gasteiger partial charge on any atom is -0.456 e. The average molecular weight is 670 g/mol. The summed E-state index contributed by atoms with van der Waals surface area (Å²) in [4.78, 5) is 10.4. The molecule has 0 radical (unpaired) electrons. The third-order valence-corrected chi connectivity index (χ3v) is 10.8. The van der Waals surface area contributed by atoms with Crippen molar-refractivity contribution in [2.75, 3.05) is 0 Å². The van der Waals surface area contributed by atoms with Crippen LogP contribution in [0.1, 0.15) is 46.8 Å². The molecule has 3 aliphatic rings. The lowest BCUT2D eigenvalue weighted by Gasteiger charge is -2.37. The van der Waals surface area contributed by atoms with Crippen LogP contribution in [0, 0.1) is 5.41 Å². The molecule has 2 aliphatic carbocycles. The van der Waals surface area contributed by atoms with Crippen LogP contribution in [0.15, 0.2) is 184 Å². The minimum absolute atomic E-state index is 0.0130. The van der Waals surface area contributed by atoms with Crippen LogP contribution in [0.2, 0.25) is 0 Å². The summed E-state index contributed by atoms with van der Waals surface area (Å²) in [6, 6.07) is 49.0. The zero-order valence-electron chi connectivity index (χ0n) is 28.7. The summed E-state index contributed by atoms with van der Waals surface area (Å²) in [6.45, 7) is 2.31. The third-order valence-electron chi connectivity index (χ3n) is 10.8. The number of amidine groups is 2. The lowest BCUT2D eigenvalue weighted by atomic mass is 9.67. The number of aliphatic imine (C=N–C) groups is 2. The Hall–Kier alpha value is -6.52. The highest BCUT2D eigenvalue weighted by Crippen LogP contribution is 2.47. The molecule has 0 bridgehead atoms. The molecule has 4 heteroatoms. The molecule has 52 heavy (non-hydrogen) atoms. The van der Waals surface area contributed by atoms with Gasteiger partial charge in [0, 0.05) is 33.2 Å². The molecule has 1 N–H and O–H groups in total. The van der Waals surface area contributed by atoms with Gasteiger partial charge in [-0.1, -0.05) is 159 Å². The molecule has 0 spiro atoms. The first kappa shape index (κ1) is 30.3. The van der Waals surface area contributed by atoms with Crippen molar-refractivity contribution in [2.24, 2.45) is 15.4 Å². The lowest BCUT2D eigenvalue weighted by molar-refractivity contribution is 0.480. The fraction of sp³-hybridized carbons (Fsp3) is 0.0833. The van der Waals surface area contributed by atoms with E-state index in [0.29, 0.717) is 11.8 Å².